The van der Waals surface area contributed by atoms with Crippen LogP contribution >= 0.6 is 0 Å². The van der Waals surface area contributed by atoms with Gasteiger partial charge in [0.1, 0.15) is 17.9 Å². The van der Waals surface area contributed by atoms with Crippen LogP contribution in [0.2, 0.25) is 0 Å². The molecule has 1 aromatic carbocycles. The normalized spacial score (nSPS) is 21.6. The van der Waals surface area contributed by atoms with Crippen LogP contribution in [0.1, 0.15) is 32.1 Å². The summed E-state index contributed by atoms with van der Waals surface area (Å²) in [5.41, 5.74) is 0. The molecule has 2 fully saturated rings. The van der Waals surface area contributed by atoms with Gasteiger partial charge in [-0.3, -0.25) is 14.4 Å². The predicted molar refractivity (Wildman–Crippen MR) is 114 cm³/mol. The van der Waals surface area contributed by atoms with Gasteiger partial charge < -0.3 is 25.4 Å². The summed E-state index contributed by atoms with van der Waals surface area (Å²) in [5.74, 6) is -3.46. The molecule has 2 heterocycles. The van der Waals surface area contributed by atoms with Gasteiger partial charge in [0.15, 0.2) is 0 Å². The van der Waals surface area contributed by atoms with E-state index in [0.717, 1.165) is 28.6 Å². The lowest BCUT2D eigenvalue weighted by Crippen LogP contribution is -2.63. The van der Waals surface area contributed by atoms with Gasteiger partial charge in [-0.15, -0.1) is 0 Å². The van der Waals surface area contributed by atoms with Gasteiger partial charge in [-0.25, -0.2) is 12.8 Å². The Morgan fingerprint density at radius 3 is 2.50 bits per heavy atom. The first-order chi connectivity index (χ1) is 16.1. The zero-order valence-corrected chi connectivity index (χ0v) is 19.2. The Morgan fingerprint density at radius 1 is 1.15 bits per heavy atom. The molecule has 11 nitrogen and oxygen atoms in total. The van der Waals surface area contributed by atoms with Crippen molar-refractivity contribution in [2.45, 2.75) is 49.1 Å². The molecule has 2 N–H and O–H groups in total. The van der Waals surface area contributed by atoms with Crippen LogP contribution in [0.15, 0.2) is 29.2 Å². The van der Waals surface area contributed by atoms with Gasteiger partial charge in [-0.2, -0.15) is 4.31 Å². The molecule has 0 radical (unpaired) electrons. The highest BCUT2D eigenvalue weighted by molar-refractivity contribution is 7.89. The van der Waals surface area contributed by atoms with Gasteiger partial charge in [0, 0.05) is 38.6 Å². The largest absolute Gasteiger partial charge is 0.550 e. The van der Waals surface area contributed by atoms with E-state index in [-0.39, 0.29) is 49.7 Å². The fourth-order valence-corrected chi connectivity index (χ4v) is 5.40. The van der Waals surface area contributed by atoms with E-state index in [4.69, 9.17) is 0 Å². The summed E-state index contributed by atoms with van der Waals surface area (Å²) in [5, 5.41) is 15.9. The van der Waals surface area contributed by atoms with Crippen LogP contribution in [0.5, 0.6) is 0 Å². The first kappa shape index (κ1) is 25.6. The van der Waals surface area contributed by atoms with E-state index in [2.05, 4.69) is 10.6 Å². The van der Waals surface area contributed by atoms with Crippen molar-refractivity contribution in [1.82, 2.24) is 19.8 Å². The second-order valence-corrected chi connectivity index (χ2v) is 10.1. The molecule has 13 heteroatoms. The van der Waals surface area contributed by atoms with E-state index >= 15 is 0 Å². The molecule has 0 spiro atoms. The summed E-state index contributed by atoms with van der Waals surface area (Å²) in [6, 6.07) is 2.22. The number of carboxylic acid groups (broad SMARTS) is 1. The number of carbonyl (C=O) groups excluding carboxylic acids is 4. The third-order valence-electron chi connectivity index (χ3n) is 5.79. The van der Waals surface area contributed by atoms with Gasteiger partial charge >= 0.3 is 0 Å². The number of benzene rings is 1. The highest BCUT2D eigenvalue weighted by atomic mass is 32.2. The molecule has 2 aliphatic rings. The van der Waals surface area contributed by atoms with Crippen LogP contribution in [0, 0.1) is 5.82 Å². The highest BCUT2D eigenvalue weighted by Crippen LogP contribution is 2.22. The first-order valence-corrected chi connectivity index (χ1v) is 12.4. The number of rotatable bonds is 8. The Kier molecular flexibility index (Phi) is 8.20. The molecule has 0 aromatic heterocycles. The number of aliphatic carboxylic acids is 1. The summed E-state index contributed by atoms with van der Waals surface area (Å²) >= 11 is 0. The summed E-state index contributed by atoms with van der Waals surface area (Å²) in [6.07, 6.45) is 0.574. The lowest BCUT2D eigenvalue weighted by molar-refractivity contribution is -0.305. The van der Waals surface area contributed by atoms with Crippen molar-refractivity contribution in [2.24, 2.45) is 0 Å². The maximum atomic E-state index is 13.3. The van der Waals surface area contributed by atoms with Crippen molar-refractivity contribution < 1.29 is 37.1 Å². The number of nitrogens with zero attached hydrogens (tertiary/aromatic N) is 2. The number of halogens is 1. The molecule has 0 bridgehead atoms. The Hall–Kier alpha value is -3.06. The number of nitrogens with one attached hydrogen (secondary N) is 2. The molecular formula is C21H26FN4O7S-. The van der Waals surface area contributed by atoms with Crippen molar-refractivity contribution in [3.05, 3.63) is 30.1 Å². The van der Waals surface area contributed by atoms with Crippen LogP contribution in [-0.2, 0) is 29.2 Å². The Bertz CT molecular complexity index is 1050. The third-order valence-corrected chi connectivity index (χ3v) is 7.67. The van der Waals surface area contributed by atoms with Crippen molar-refractivity contribution in [2.75, 3.05) is 26.2 Å². The van der Waals surface area contributed by atoms with Crippen molar-refractivity contribution in [1.29, 1.82) is 0 Å². The van der Waals surface area contributed by atoms with Crippen molar-refractivity contribution in [3.63, 3.8) is 0 Å². The van der Waals surface area contributed by atoms with Gasteiger partial charge in [0.2, 0.25) is 27.7 Å². The topological polar surface area (TPSA) is 156 Å². The van der Waals surface area contributed by atoms with Gasteiger partial charge in [0.25, 0.3) is 0 Å². The Labute approximate surface area is 196 Å². The molecule has 0 saturated carbocycles. The quantitative estimate of drug-likeness (QED) is 0.435. The minimum absolute atomic E-state index is 0.00856. The lowest BCUT2D eigenvalue weighted by atomic mass is 10.1. The zero-order valence-electron chi connectivity index (χ0n) is 18.4. The van der Waals surface area contributed by atoms with Crippen LogP contribution in [0.25, 0.3) is 0 Å². The van der Waals surface area contributed by atoms with E-state index in [1.54, 1.807) is 0 Å². The molecule has 186 valence electrons. The molecule has 0 unspecified atom stereocenters. The maximum Gasteiger partial charge on any atom is 0.244 e. The molecule has 0 aliphatic carbocycles. The minimum Gasteiger partial charge on any atom is -0.550 e. The number of amides is 3. The van der Waals surface area contributed by atoms with Gasteiger partial charge in [-0.1, -0.05) is 0 Å². The predicted octanol–water partition coefficient (Wildman–Crippen LogP) is -1.66. The minimum atomic E-state index is -4.08. The number of sulfonamides is 1. The standard InChI is InChI=1S/C21H27FN4O7S/c22-14-6-8-15(9-7-14)34(32,33)25-11-12-26(18(27)4-1-5-19(28)29)17(13-25)21(31)24-16-3-2-10-23-20(16)30/h6-9,16-17H,1-5,10-13H2,(H,23,30)(H,24,31)(H,28,29)/p-1/t16-,17-/m0/s1. The summed E-state index contributed by atoms with van der Waals surface area (Å²) < 4.78 is 40.4. The second-order valence-electron chi connectivity index (χ2n) is 8.14. The van der Waals surface area contributed by atoms with Crippen molar-refractivity contribution >= 4 is 33.7 Å². The summed E-state index contributed by atoms with van der Waals surface area (Å²) in [4.78, 5) is 49.6. The van der Waals surface area contributed by atoms with Gasteiger partial charge in [-0.05, 0) is 49.9 Å². The maximum absolute atomic E-state index is 13.3. The fourth-order valence-electron chi connectivity index (χ4n) is 3.96. The first-order valence-electron chi connectivity index (χ1n) is 10.9. The summed E-state index contributed by atoms with van der Waals surface area (Å²) in [7, 11) is -4.08. The third kappa shape index (κ3) is 6.08. The fraction of sp³-hybridized carbons (Fsp3) is 0.524. The number of hydrogen-bond donors (Lipinski definition) is 2. The number of carboxylic acids is 1. The number of piperazine rings is 1. The van der Waals surface area contributed by atoms with Gasteiger partial charge in [0.05, 0.1) is 4.90 Å². The van der Waals surface area contributed by atoms with Crippen LogP contribution < -0.4 is 15.7 Å². The molecule has 2 aliphatic heterocycles. The SMILES string of the molecule is O=C([O-])CCCC(=O)N1CCN(S(=O)(=O)c2ccc(F)cc2)C[C@H]1C(=O)N[C@H]1CCCNC1=O. The van der Waals surface area contributed by atoms with Crippen molar-refractivity contribution in [3.8, 4) is 0 Å². The number of carbonyl (C=O) groups is 4. The van der Waals surface area contributed by atoms with E-state index in [1.807, 2.05) is 0 Å². The molecule has 3 rings (SSSR count). The second kappa shape index (κ2) is 10.9. The monoisotopic (exact) mass is 497 g/mol. The Morgan fingerprint density at radius 2 is 1.85 bits per heavy atom. The molecule has 34 heavy (non-hydrogen) atoms. The molecular weight excluding hydrogens is 471 g/mol. The molecule has 2 atom stereocenters. The molecule has 3 amide bonds. The zero-order chi connectivity index (χ0) is 24.9. The van der Waals surface area contributed by atoms with E-state index in [9.17, 15) is 37.1 Å². The average molecular weight is 498 g/mol. The van der Waals surface area contributed by atoms with E-state index in [1.165, 1.54) is 4.90 Å². The van der Waals surface area contributed by atoms with E-state index in [0.29, 0.717) is 19.4 Å². The van der Waals surface area contributed by atoms with Crippen LogP contribution in [0.4, 0.5) is 4.39 Å². The average Bonchev–Trinajstić information content (AvgIpc) is 2.80. The van der Waals surface area contributed by atoms with Crippen LogP contribution in [-0.4, -0.2) is 79.6 Å². The molecule has 1 aromatic rings. The number of piperidine rings is 1. The highest BCUT2D eigenvalue weighted by Gasteiger charge is 2.40. The van der Waals surface area contributed by atoms with Crippen LogP contribution in [0.3, 0.4) is 0 Å². The lowest BCUT2D eigenvalue weighted by Gasteiger charge is -2.40. The Balaban J connectivity index is 1.80. The smallest absolute Gasteiger partial charge is 0.244 e. The summed E-state index contributed by atoms with van der Waals surface area (Å²) in [6.45, 7) is -0.105. The number of hydrogen-bond acceptors (Lipinski definition) is 7. The van der Waals surface area contributed by atoms with E-state index < -0.39 is 45.7 Å². The molecule has 2 saturated heterocycles.